The average molecular weight is 383 g/mol. The molecule has 0 aliphatic carbocycles. The van der Waals surface area contributed by atoms with Gasteiger partial charge in [-0.3, -0.25) is 0 Å². The molecule has 5 heteroatoms. The first-order valence-corrected chi connectivity index (χ1v) is 10.3. The van der Waals surface area contributed by atoms with E-state index in [4.69, 9.17) is 0 Å². The number of hydrogen-bond donors (Lipinski definition) is 2. The zero-order valence-electron chi connectivity index (χ0n) is 14.9. The molecule has 1 atom stereocenters. The monoisotopic (exact) mass is 382 g/mol. The van der Waals surface area contributed by atoms with E-state index in [1.807, 2.05) is 23.7 Å². The number of hydrogen-bond acceptors (Lipinski definition) is 5. The fourth-order valence-electron chi connectivity index (χ4n) is 2.47. The van der Waals surface area contributed by atoms with Gasteiger partial charge < -0.3 is 10.4 Å². The Balaban J connectivity index is 1.64. The second kappa shape index (κ2) is 8.61. The van der Waals surface area contributed by atoms with Crippen molar-refractivity contribution >= 4 is 22.7 Å². The Morgan fingerprint density at radius 2 is 1.96 bits per heavy atom. The van der Waals surface area contributed by atoms with Crippen molar-refractivity contribution in [2.75, 3.05) is 0 Å². The van der Waals surface area contributed by atoms with Gasteiger partial charge in [-0.15, -0.1) is 11.3 Å². The molecule has 2 N–H and O–H groups in total. The van der Waals surface area contributed by atoms with Gasteiger partial charge >= 0.3 is 0 Å². The fraction of sp³-hybridized carbons (Fsp3) is 0.286. The van der Waals surface area contributed by atoms with Crippen molar-refractivity contribution in [3.8, 4) is 11.8 Å². The van der Waals surface area contributed by atoms with Crippen LogP contribution in [0.15, 0.2) is 52.7 Å². The number of nitrogens with one attached hydrogen (secondary N) is 1. The lowest BCUT2D eigenvalue weighted by atomic mass is 10.1. The third kappa shape index (κ3) is 5.79. The van der Waals surface area contributed by atoms with Gasteiger partial charge in [-0.2, -0.15) is 11.3 Å². The Bertz CT molecular complexity index is 852. The molecule has 3 nitrogen and oxygen atoms in total. The Morgan fingerprint density at radius 1 is 1.15 bits per heavy atom. The van der Waals surface area contributed by atoms with Crippen molar-refractivity contribution < 1.29 is 5.11 Å². The number of benzene rings is 1. The summed E-state index contributed by atoms with van der Waals surface area (Å²) >= 11 is 3.41. The summed E-state index contributed by atoms with van der Waals surface area (Å²) < 4.78 is 0. The summed E-state index contributed by atoms with van der Waals surface area (Å²) in [5.74, 6) is 5.84. The van der Waals surface area contributed by atoms with E-state index in [1.165, 1.54) is 11.1 Å². The lowest BCUT2D eigenvalue weighted by Gasteiger charge is -2.16. The topological polar surface area (TPSA) is 45.1 Å². The van der Waals surface area contributed by atoms with Gasteiger partial charge in [0.05, 0.1) is 6.04 Å². The molecule has 2 heterocycles. The molecular weight excluding hydrogens is 360 g/mol. The van der Waals surface area contributed by atoms with Gasteiger partial charge in [0, 0.05) is 23.7 Å². The molecule has 0 saturated heterocycles. The lowest BCUT2D eigenvalue weighted by molar-refractivity contribution is 0.143. The number of rotatable bonds is 6. The first kappa shape index (κ1) is 18.8. The predicted molar refractivity (Wildman–Crippen MR) is 109 cm³/mol. The summed E-state index contributed by atoms with van der Waals surface area (Å²) in [5, 5.41) is 20.8. The standard InChI is InChI=1S/C21H22N2OS2/c1-21(2,24)9-7-16-3-5-17(6-4-16)14-23-19(20-22-10-12-26-20)13-18-8-11-25-15-18/h3-6,8,10-12,15,19,23-24H,13-14H2,1-2H3/t19-/m1/s1. The summed E-state index contributed by atoms with van der Waals surface area (Å²) in [6.07, 6.45) is 2.80. The predicted octanol–water partition coefficient (Wildman–Crippen LogP) is 4.40. The first-order valence-electron chi connectivity index (χ1n) is 8.48. The smallest absolute Gasteiger partial charge is 0.120 e. The van der Waals surface area contributed by atoms with Crippen LogP contribution in [-0.4, -0.2) is 15.7 Å². The van der Waals surface area contributed by atoms with Crippen LogP contribution < -0.4 is 5.32 Å². The van der Waals surface area contributed by atoms with Gasteiger partial charge in [-0.05, 0) is 60.4 Å². The molecule has 0 unspecified atom stereocenters. The minimum absolute atomic E-state index is 0.208. The van der Waals surface area contributed by atoms with Crippen molar-refractivity contribution in [2.45, 2.75) is 38.5 Å². The van der Waals surface area contributed by atoms with Crippen LogP contribution in [0.1, 0.15) is 41.6 Å². The molecule has 0 amide bonds. The highest BCUT2D eigenvalue weighted by atomic mass is 32.1. The van der Waals surface area contributed by atoms with Crippen LogP contribution in [0.2, 0.25) is 0 Å². The highest BCUT2D eigenvalue weighted by Gasteiger charge is 2.15. The molecule has 3 aromatic rings. The molecule has 134 valence electrons. The highest BCUT2D eigenvalue weighted by molar-refractivity contribution is 7.09. The maximum absolute atomic E-state index is 9.69. The van der Waals surface area contributed by atoms with Crippen LogP contribution in [0.5, 0.6) is 0 Å². The summed E-state index contributed by atoms with van der Waals surface area (Å²) in [5.41, 5.74) is 2.47. The number of nitrogens with zero attached hydrogens (tertiary/aromatic N) is 1. The van der Waals surface area contributed by atoms with Crippen LogP contribution in [-0.2, 0) is 13.0 Å². The van der Waals surface area contributed by atoms with Crippen molar-refractivity contribution in [1.29, 1.82) is 0 Å². The van der Waals surface area contributed by atoms with E-state index in [0.717, 1.165) is 23.5 Å². The van der Waals surface area contributed by atoms with Crippen LogP contribution in [0.3, 0.4) is 0 Å². The van der Waals surface area contributed by atoms with Gasteiger partial charge in [0.15, 0.2) is 0 Å². The Labute approximate surface area is 162 Å². The van der Waals surface area contributed by atoms with E-state index in [-0.39, 0.29) is 6.04 Å². The zero-order valence-corrected chi connectivity index (χ0v) is 16.5. The molecule has 0 fully saturated rings. The average Bonchev–Trinajstić information content (AvgIpc) is 3.30. The van der Waals surface area contributed by atoms with Crippen LogP contribution in [0.4, 0.5) is 0 Å². The molecule has 2 aromatic heterocycles. The number of thiazole rings is 1. The van der Waals surface area contributed by atoms with Gasteiger partial charge in [0.25, 0.3) is 0 Å². The molecule has 0 radical (unpaired) electrons. The summed E-state index contributed by atoms with van der Waals surface area (Å²) in [6.45, 7) is 4.14. The molecule has 1 aromatic carbocycles. The van der Waals surface area contributed by atoms with Gasteiger partial charge in [0.2, 0.25) is 0 Å². The minimum Gasteiger partial charge on any atom is -0.378 e. The van der Waals surface area contributed by atoms with Gasteiger partial charge in [-0.25, -0.2) is 4.98 Å². The SMILES string of the molecule is CC(C)(O)C#Cc1ccc(CN[C@H](Cc2ccsc2)c2nccs2)cc1. The van der Waals surface area contributed by atoms with E-state index in [9.17, 15) is 5.11 Å². The Hall–Kier alpha value is -1.97. The molecule has 0 aliphatic heterocycles. The quantitative estimate of drug-likeness (QED) is 0.621. The van der Waals surface area contributed by atoms with E-state index >= 15 is 0 Å². The molecule has 26 heavy (non-hydrogen) atoms. The zero-order chi connectivity index (χ0) is 18.4. The van der Waals surface area contributed by atoms with Crippen molar-refractivity contribution in [3.63, 3.8) is 0 Å². The number of aromatic nitrogens is 1. The third-order valence-electron chi connectivity index (χ3n) is 3.79. The highest BCUT2D eigenvalue weighted by Crippen LogP contribution is 2.22. The van der Waals surface area contributed by atoms with Crippen LogP contribution in [0, 0.1) is 11.8 Å². The van der Waals surface area contributed by atoms with Crippen molar-refractivity contribution in [3.05, 3.63) is 74.4 Å². The van der Waals surface area contributed by atoms with Crippen molar-refractivity contribution in [2.24, 2.45) is 0 Å². The second-order valence-corrected chi connectivity index (χ2v) is 8.35. The maximum atomic E-state index is 9.69. The van der Waals surface area contributed by atoms with Gasteiger partial charge in [-0.1, -0.05) is 24.0 Å². The van der Waals surface area contributed by atoms with E-state index in [0.29, 0.717) is 0 Å². The number of aliphatic hydroxyl groups is 1. The van der Waals surface area contributed by atoms with Gasteiger partial charge in [0.1, 0.15) is 10.6 Å². The molecular formula is C21H22N2OS2. The van der Waals surface area contributed by atoms with Crippen LogP contribution in [0.25, 0.3) is 0 Å². The second-order valence-electron chi connectivity index (χ2n) is 6.65. The van der Waals surface area contributed by atoms with Crippen LogP contribution >= 0.6 is 22.7 Å². The maximum Gasteiger partial charge on any atom is 0.120 e. The van der Waals surface area contributed by atoms with E-state index in [2.05, 4.69) is 51.1 Å². The normalized spacial score (nSPS) is 12.4. The Kier molecular flexibility index (Phi) is 6.23. The largest absolute Gasteiger partial charge is 0.378 e. The molecule has 0 saturated carbocycles. The minimum atomic E-state index is -0.969. The molecule has 3 rings (SSSR count). The summed E-state index contributed by atoms with van der Waals surface area (Å²) in [6, 6.07) is 10.5. The Morgan fingerprint density at radius 3 is 2.58 bits per heavy atom. The van der Waals surface area contributed by atoms with Crippen molar-refractivity contribution in [1.82, 2.24) is 10.3 Å². The van der Waals surface area contributed by atoms with E-state index in [1.54, 1.807) is 36.5 Å². The fourth-order valence-corrected chi connectivity index (χ4v) is 3.87. The summed E-state index contributed by atoms with van der Waals surface area (Å²) in [7, 11) is 0. The van der Waals surface area contributed by atoms with E-state index < -0.39 is 5.60 Å². The number of thiophene rings is 1. The lowest BCUT2D eigenvalue weighted by Crippen LogP contribution is -2.22. The third-order valence-corrected chi connectivity index (χ3v) is 5.41. The molecule has 0 aliphatic rings. The summed E-state index contributed by atoms with van der Waals surface area (Å²) in [4.78, 5) is 4.49. The first-order chi connectivity index (χ1) is 12.5. The molecule has 0 spiro atoms. The molecule has 0 bridgehead atoms.